The summed E-state index contributed by atoms with van der Waals surface area (Å²) >= 11 is 1.35. The van der Waals surface area contributed by atoms with Gasteiger partial charge in [0.1, 0.15) is 23.5 Å². The fraction of sp³-hybridized carbons (Fsp3) is 0.259. The summed E-state index contributed by atoms with van der Waals surface area (Å²) in [4.78, 5) is 9.79. The van der Waals surface area contributed by atoms with Crippen molar-refractivity contribution in [3.63, 3.8) is 0 Å². The van der Waals surface area contributed by atoms with Crippen molar-refractivity contribution >= 4 is 40.9 Å². The van der Waals surface area contributed by atoms with Crippen LogP contribution < -0.4 is 36.6 Å². The first-order valence-corrected chi connectivity index (χ1v) is 13.3. The molecule has 2 aromatic carbocycles. The van der Waals surface area contributed by atoms with Crippen LogP contribution >= 0.6 is 11.9 Å². The summed E-state index contributed by atoms with van der Waals surface area (Å²) in [7, 11) is 3.53. The second-order valence-electron chi connectivity index (χ2n) is 8.42. The zero-order valence-corrected chi connectivity index (χ0v) is 23.8. The predicted molar refractivity (Wildman–Crippen MR) is 159 cm³/mol. The van der Waals surface area contributed by atoms with E-state index in [9.17, 15) is 0 Å². The van der Waals surface area contributed by atoms with E-state index in [0.717, 1.165) is 39.9 Å². The molecule has 41 heavy (non-hydrogen) atoms. The van der Waals surface area contributed by atoms with Crippen molar-refractivity contribution in [1.29, 1.82) is 0 Å². The van der Waals surface area contributed by atoms with Crippen molar-refractivity contribution < 1.29 is 18.8 Å². The first-order chi connectivity index (χ1) is 20.0. The van der Waals surface area contributed by atoms with E-state index >= 15 is 0 Å². The molecule has 0 bridgehead atoms. The summed E-state index contributed by atoms with van der Waals surface area (Å²) in [5.41, 5.74) is 11.8. The number of nitrogens with zero attached hydrogens (tertiary/aromatic N) is 4. The van der Waals surface area contributed by atoms with Crippen molar-refractivity contribution in [2.24, 2.45) is 16.7 Å². The van der Waals surface area contributed by atoms with Gasteiger partial charge in [-0.25, -0.2) is 11.4 Å². The van der Waals surface area contributed by atoms with E-state index in [0.29, 0.717) is 35.7 Å². The number of carbonyl (C=O) groups is 1. The Hall–Kier alpha value is -4.71. The fourth-order valence-corrected chi connectivity index (χ4v) is 4.51. The van der Waals surface area contributed by atoms with Gasteiger partial charge in [0, 0.05) is 18.3 Å². The SMILES string of the molecule is C#CC=O.CCc1ccc(OC/C(N)=N/NN)c(SNc2noc3cc(Cn4cc(CNC)cn4)cc(OC)c23)c1. The molecular weight excluding hydrogens is 546 g/mol. The monoisotopic (exact) mass is 579 g/mol. The molecule has 13 nitrogen and oxygen atoms in total. The molecule has 0 saturated heterocycles. The van der Waals surface area contributed by atoms with Gasteiger partial charge in [-0.3, -0.25) is 9.48 Å². The molecule has 0 saturated carbocycles. The Labute approximate surface area is 242 Å². The smallest absolute Gasteiger partial charge is 0.192 e. The second-order valence-corrected chi connectivity index (χ2v) is 9.27. The molecular formula is C27H33N9O4S. The lowest BCUT2D eigenvalue weighted by molar-refractivity contribution is -0.103. The Morgan fingerprint density at radius 3 is 2.76 bits per heavy atom. The van der Waals surface area contributed by atoms with Gasteiger partial charge in [0.05, 0.1) is 24.7 Å². The highest BCUT2D eigenvalue weighted by Crippen LogP contribution is 2.37. The Morgan fingerprint density at radius 2 is 2.07 bits per heavy atom. The number of nitrogens with two attached hydrogens (primary N) is 2. The zero-order valence-electron chi connectivity index (χ0n) is 23.0. The molecule has 0 radical (unpaired) electrons. The van der Waals surface area contributed by atoms with Crippen LogP contribution in [0.25, 0.3) is 11.0 Å². The van der Waals surface area contributed by atoms with Crippen molar-refractivity contribution in [2.75, 3.05) is 25.5 Å². The van der Waals surface area contributed by atoms with Crippen LogP contribution in [0.2, 0.25) is 0 Å². The highest BCUT2D eigenvalue weighted by Gasteiger charge is 2.17. The Balaban J connectivity index is 0.00000108. The maximum atomic E-state index is 8.94. The van der Waals surface area contributed by atoms with Gasteiger partial charge in [-0.1, -0.05) is 18.1 Å². The average Bonchev–Trinajstić information content (AvgIpc) is 3.61. The first kappa shape index (κ1) is 30.8. The van der Waals surface area contributed by atoms with Gasteiger partial charge in [0.25, 0.3) is 0 Å². The van der Waals surface area contributed by atoms with Crippen LogP contribution in [0.15, 0.2) is 57.2 Å². The van der Waals surface area contributed by atoms with Gasteiger partial charge in [0.2, 0.25) is 0 Å². The van der Waals surface area contributed by atoms with Gasteiger partial charge in [0.15, 0.2) is 23.5 Å². The molecule has 0 fully saturated rings. The van der Waals surface area contributed by atoms with E-state index in [1.807, 2.05) is 54.5 Å². The van der Waals surface area contributed by atoms with E-state index in [1.165, 1.54) is 11.9 Å². The van der Waals surface area contributed by atoms with Crippen LogP contribution in [0.1, 0.15) is 23.6 Å². The van der Waals surface area contributed by atoms with Crippen molar-refractivity contribution in [2.45, 2.75) is 31.3 Å². The Kier molecular flexibility index (Phi) is 11.9. The molecule has 0 aliphatic heterocycles. The van der Waals surface area contributed by atoms with E-state index in [-0.39, 0.29) is 12.4 Å². The van der Waals surface area contributed by atoms with Crippen molar-refractivity contribution in [3.05, 3.63) is 59.4 Å². The number of hydrazine groups is 1. The highest BCUT2D eigenvalue weighted by atomic mass is 32.2. The van der Waals surface area contributed by atoms with E-state index in [2.05, 4.69) is 44.3 Å². The number of aromatic nitrogens is 3. The molecule has 2 heterocycles. The second kappa shape index (κ2) is 15.8. The van der Waals surface area contributed by atoms with E-state index in [1.54, 1.807) is 13.0 Å². The summed E-state index contributed by atoms with van der Waals surface area (Å²) in [6, 6.07) is 9.86. The molecule has 4 rings (SSSR count). The van der Waals surface area contributed by atoms with Gasteiger partial charge in [-0.15, -0.1) is 11.5 Å². The lowest BCUT2D eigenvalue weighted by Crippen LogP contribution is -2.27. The van der Waals surface area contributed by atoms with Crippen LogP contribution in [-0.2, 0) is 24.3 Å². The van der Waals surface area contributed by atoms with Crippen LogP contribution in [0.4, 0.5) is 5.82 Å². The average molecular weight is 580 g/mol. The number of ether oxygens (including phenoxy) is 2. The standard InChI is InChI=1S/C24H31N9O3S.C3H2O/c1-4-15-5-6-18(35-14-22(25)29-32-26)21(9-15)37-31-24-23-19(34-3)7-16(8-20(23)36-30-24)12-33-13-17(10-27-2)11-28-33;1-2-3-4/h5-9,11,13,27,32H,4,10,12,14,26H2,1-3H3,(H2,25,29)(H,30,31);1,3H. The number of carbonyl (C=O) groups excluding carboxylic acids is 1. The van der Waals surface area contributed by atoms with Gasteiger partial charge in [-0.2, -0.15) is 5.10 Å². The van der Waals surface area contributed by atoms with Crippen LogP contribution in [0.3, 0.4) is 0 Å². The minimum Gasteiger partial charge on any atom is -0.496 e. The number of nitrogens with one attached hydrogen (secondary N) is 3. The summed E-state index contributed by atoms with van der Waals surface area (Å²) < 4.78 is 22.4. The maximum absolute atomic E-state index is 8.94. The van der Waals surface area contributed by atoms with Crippen LogP contribution in [0.5, 0.6) is 11.5 Å². The number of aryl methyl sites for hydroxylation is 1. The molecule has 0 aliphatic rings. The molecule has 0 unspecified atom stereocenters. The number of amidine groups is 1. The number of fused-ring (bicyclic) bond motifs is 1. The zero-order chi connectivity index (χ0) is 29.6. The number of aldehydes is 1. The number of rotatable bonds is 13. The third-order valence-electron chi connectivity index (χ3n) is 5.56. The lowest BCUT2D eigenvalue weighted by atomic mass is 10.1. The quantitative estimate of drug-likeness (QED) is 0.0297. The molecule has 216 valence electrons. The van der Waals surface area contributed by atoms with Crippen molar-refractivity contribution in [1.82, 2.24) is 25.8 Å². The molecule has 2 aromatic heterocycles. The third kappa shape index (κ3) is 8.64. The van der Waals surface area contributed by atoms with Gasteiger partial charge >= 0.3 is 0 Å². The van der Waals surface area contributed by atoms with Crippen LogP contribution in [0, 0.1) is 12.3 Å². The number of benzene rings is 2. The molecule has 0 atom stereocenters. The maximum Gasteiger partial charge on any atom is 0.192 e. The largest absolute Gasteiger partial charge is 0.496 e. The van der Waals surface area contributed by atoms with Crippen LogP contribution in [-0.4, -0.2) is 47.8 Å². The Bertz CT molecular complexity index is 1510. The fourth-order valence-electron chi connectivity index (χ4n) is 3.73. The van der Waals surface area contributed by atoms with Gasteiger partial charge < -0.3 is 29.8 Å². The first-order valence-electron chi connectivity index (χ1n) is 12.4. The minimum atomic E-state index is 0.0828. The number of hydrogen-bond acceptors (Lipinski definition) is 12. The summed E-state index contributed by atoms with van der Waals surface area (Å²) in [6.07, 6.45) is 9.55. The molecule has 4 aromatic rings. The molecule has 14 heteroatoms. The minimum absolute atomic E-state index is 0.0828. The number of anilines is 1. The molecule has 7 N–H and O–H groups in total. The Morgan fingerprint density at radius 1 is 1.27 bits per heavy atom. The third-order valence-corrected chi connectivity index (χ3v) is 6.39. The summed E-state index contributed by atoms with van der Waals surface area (Å²) in [5, 5.41) is 16.3. The van der Waals surface area contributed by atoms with Gasteiger partial charge in [-0.05, 0) is 66.7 Å². The number of hydrogen-bond donors (Lipinski definition) is 5. The molecule has 0 amide bonds. The lowest BCUT2D eigenvalue weighted by Gasteiger charge is -2.13. The van der Waals surface area contributed by atoms with Crippen molar-refractivity contribution in [3.8, 4) is 23.8 Å². The summed E-state index contributed by atoms with van der Waals surface area (Å²) in [6.45, 7) is 3.51. The predicted octanol–water partition coefficient (Wildman–Crippen LogP) is 2.42. The topological polar surface area (TPSA) is 180 Å². The number of hydrazone groups is 1. The number of methoxy groups -OCH3 is 1. The highest BCUT2D eigenvalue weighted by molar-refractivity contribution is 8.00. The molecule has 0 aliphatic carbocycles. The number of terminal acetylenes is 1. The van der Waals surface area contributed by atoms with E-state index in [4.69, 9.17) is 30.4 Å². The van der Waals surface area contributed by atoms with E-state index < -0.39 is 0 Å². The molecule has 0 spiro atoms. The normalized spacial score (nSPS) is 10.9. The summed E-state index contributed by atoms with van der Waals surface area (Å²) in [5.74, 6) is 8.99.